The predicted octanol–water partition coefficient (Wildman–Crippen LogP) is 2.57. The molecule has 17 heavy (non-hydrogen) atoms. The van der Waals surface area contributed by atoms with Crippen LogP contribution in [-0.2, 0) is 0 Å². The zero-order valence-corrected chi connectivity index (χ0v) is 10.8. The third kappa shape index (κ3) is 2.38. The summed E-state index contributed by atoms with van der Waals surface area (Å²) in [6.07, 6.45) is 0.956. The Balaban J connectivity index is 1.84. The largest absolute Gasteiger partial charge is 0.490 e. The van der Waals surface area contributed by atoms with E-state index in [1.165, 1.54) is 5.56 Å². The molecular weight excluding hydrogens is 234 g/mol. The van der Waals surface area contributed by atoms with Crippen LogP contribution in [0.1, 0.15) is 24.3 Å². The molecule has 2 unspecified atom stereocenters. The summed E-state index contributed by atoms with van der Waals surface area (Å²) in [6, 6.07) is 6.28. The molecule has 1 aromatic rings. The fraction of sp³-hybridized carbons (Fsp3) is 0.538. The monoisotopic (exact) mass is 251 g/mol. The number of fused-ring (bicyclic) bond motifs is 1. The van der Waals surface area contributed by atoms with Crippen molar-refractivity contribution in [3.05, 3.63) is 23.8 Å². The van der Waals surface area contributed by atoms with Gasteiger partial charge in [-0.15, -0.1) is 11.8 Å². The molecule has 1 saturated heterocycles. The van der Waals surface area contributed by atoms with E-state index in [9.17, 15) is 0 Å². The molecule has 3 rings (SSSR count). The quantitative estimate of drug-likeness (QED) is 0.831. The average molecular weight is 251 g/mol. The fourth-order valence-electron chi connectivity index (χ4n) is 2.14. The van der Waals surface area contributed by atoms with Gasteiger partial charge < -0.3 is 14.8 Å². The lowest BCUT2D eigenvalue weighted by atomic mass is 10.2. The lowest BCUT2D eigenvalue weighted by molar-refractivity contribution is 0.297. The van der Waals surface area contributed by atoms with Crippen molar-refractivity contribution in [2.24, 2.45) is 0 Å². The first-order chi connectivity index (χ1) is 8.33. The van der Waals surface area contributed by atoms with Crippen molar-refractivity contribution in [2.75, 3.05) is 19.8 Å². The zero-order valence-electron chi connectivity index (χ0n) is 9.94. The molecule has 4 heteroatoms. The standard InChI is InChI=1S/C13H17NO2S/c1-9-8-14-13(17-9)10-3-4-11-12(7-10)16-6-2-5-15-11/h3-4,7,9,13-14H,2,5-6,8H2,1H3. The van der Waals surface area contributed by atoms with Crippen molar-refractivity contribution < 1.29 is 9.47 Å². The number of ether oxygens (including phenoxy) is 2. The summed E-state index contributed by atoms with van der Waals surface area (Å²) in [5.74, 6) is 1.77. The van der Waals surface area contributed by atoms with Crippen LogP contribution in [-0.4, -0.2) is 25.0 Å². The van der Waals surface area contributed by atoms with Crippen LogP contribution in [0.2, 0.25) is 0 Å². The van der Waals surface area contributed by atoms with Gasteiger partial charge in [0.2, 0.25) is 0 Å². The molecule has 92 valence electrons. The number of hydrogen-bond donors (Lipinski definition) is 1. The molecule has 1 fully saturated rings. The van der Waals surface area contributed by atoms with Gasteiger partial charge in [-0.3, -0.25) is 0 Å². The Kier molecular flexibility index (Phi) is 3.16. The topological polar surface area (TPSA) is 30.5 Å². The Hall–Kier alpha value is -0.870. The number of nitrogens with one attached hydrogen (secondary N) is 1. The Labute approximate surface area is 106 Å². The molecule has 2 aliphatic heterocycles. The number of benzene rings is 1. The van der Waals surface area contributed by atoms with Crippen molar-refractivity contribution in [3.8, 4) is 11.5 Å². The van der Waals surface area contributed by atoms with Crippen LogP contribution in [0.25, 0.3) is 0 Å². The molecule has 0 bridgehead atoms. The Morgan fingerprint density at radius 3 is 2.82 bits per heavy atom. The Bertz CT molecular complexity index is 410. The van der Waals surface area contributed by atoms with Gasteiger partial charge in [0.1, 0.15) is 0 Å². The van der Waals surface area contributed by atoms with Crippen LogP contribution in [0.4, 0.5) is 0 Å². The van der Waals surface area contributed by atoms with Crippen molar-refractivity contribution >= 4 is 11.8 Å². The summed E-state index contributed by atoms with van der Waals surface area (Å²) in [6.45, 7) is 4.82. The summed E-state index contributed by atoms with van der Waals surface area (Å²) in [5, 5.41) is 4.58. The molecular formula is C13H17NO2S. The fourth-order valence-corrected chi connectivity index (χ4v) is 3.29. The van der Waals surface area contributed by atoms with E-state index in [-0.39, 0.29) is 0 Å². The second-order valence-electron chi connectivity index (χ2n) is 4.49. The summed E-state index contributed by atoms with van der Waals surface area (Å²) in [7, 11) is 0. The molecule has 1 N–H and O–H groups in total. The average Bonchev–Trinajstić information content (AvgIpc) is 2.64. The maximum Gasteiger partial charge on any atom is 0.161 e. The molecule has 2 atom stereocenters. The first-order valence-corrected chi connectivity index (χ1v) is 7.05. The SMILES string of the molecule is CC1CNC(c2ccc3c(c2)OCCCO3)S1. The summed E-state index contributed by atoms with van der Waals surface area (Å²) in [4.78, 5) is 0. The van der Waals surface area contributed by atoms with E-state index >= 15 is 0 Å². The van der Waals surface area contributed by atoms with E-state index in [4.69, 9.17) is 9.47 Å². The smallest absolute Gasteiger partial charge is 0.161 e. The molecule has 0 spiro atoms. The van der Waals surface area contributed by atoms with Gasteiger partial charge in [0.05, 0.1) is 18.6 Å². The Morgan fingerprint density at radius 1 is 1.24 bits per heavy atom. The van der Waals surface area contributed by atoms with E-state index in [0.29, 0.717) is 10.6 Å². The molecule has 3 nitrogen and oxygen atoms in total. The molecule has 0 aromatic heterocycles. The van der Waals surface area contributed by atoms with Crippen LogP contribution in [0.5, 0.6) is 11.5 Å². The van der Waals surface area contributed by atoms with Gasteiger partial charge in [-0.2, -0.15) is 0 Å². The van der Waals surface area contributed by atoms with E-state index < -0.39 is 0 Å². The van der Waals surface area contributed by atoms with E-state index in [1.807, 2.05) is 17.8 Å². The molecule has 1 aromatic carbocycles. The first kappa shape index (κ1) is 11.2. The second-order valence-corrected chi connectivity index (χ2v) is 6.04. The van der Waals surface area contributed by atoms with Gasteiger partial charge in [-0.1, -0.05) is 13.0 Å². The van der Waals surface area contributed by atoms with Crippen molar-refractivity contribution in [1.29, 1.82) is 0 Å². The highest BCUT2D eigenvalue weighted by atomic mass is 32.2. The highest BCUT2D eigenvalue weighted by molar-refractivity contribution is 8.00. The molecule has 0 radical (unpaired) electrons. The van der Waals surface area contributed by atoms with Gasteiger partial charge >= 0.3 is 0 Å². The van der Waals surface area contributed by atoms with Crippen LogP contribution in [0, 0.1) is 0 Å². The molecule has 2 heterocycles. The molecule has 0 amide bonds. The van der Waals surface area contributed by atoms with Crippen molar-refractivity contribution in [3.63, 3.8) is 0 Å². The van der Waals surface area contributed by atoms with Gasteiger partial charge in [0, 0.05) is 18.2 Å². The minimum Gasteiger partial charge on any atom is -0.490 e. The molecule has 0 saturated carbocycles. The normalized spacial score (nSPS) is 27.8. The van der Waals surface area contributed by atoms with Crippen LogP contribution in [0.15, 0.2) is 18.2 Å². The minimum atomic E-state index is 0.391. The van der Waals surface area contributed by atoms with Gasteiger partial charge in [0.25, 0.3) is 0 Å². The highest BCUT2D eigenvalue weighted by Crippen LogP contribution is 2.39. The van der Waals surface area contributed by atoms with Crippen molar-refractivity contribution in [1.82, 2.24) is 5.32 Å². The minimum absolute atomic E-state index is 0.391. The number of hydrogen-bond acceptors (Lipinski definition) is 4. The maximum atomic E-state index is 5.71. The third-order valence-electron chi connectivity index (χ3n) is 3.03. The van der Waals surface area contributed by atoms with Gasteiger partial charge in [0.15, 0.2) is 11.5 Å². The van der Waals surface area contributed by atoms with E-state index in [1.54, 1.807) is 0 Å². The van der Waals surface area contributed by atoms with Crippen LogP contribution >= 0.6 is 11.8 Å². The maximum absolute atomic E-state index is 5.71. The zero-order chi connectivity index (χ0) is 11.7. The first-order valence-electron chi connectivity index (χ1n) is 6.11. The number of thioether (sulfide) groups is 1. The second kappa shape index (κ2) is 4.78. The predicted molar refractivity (Wildman–Crippen MR) is 69.8 cm³/mol. The summed E-state index contributed by atoms with van der Waals surface area (Å²) >= 11 is 1.97. The van der Waals surface area contributed by atoms with Gasteiger partial charge in [-0.05, 0) is 17.7 Å². The van der Waals surface area contributed by atoms with Crippen LogP contribution < -0.4 is 14.8 Å². The third-order valence-corrected chi connectivity index (χ3v) is 4.38. The Morgan fingerprint density at radius 2 is 2.06 bits per heavy atom. The van der Waals surface area contributed by atoms with Crippen LogP contribution in [0.3, 0.4) is 0 Å². The van der Waals surface area contributed by atoms with Crippen molar-refractivity contribution in [2.45, 2.75) is 24.0 Å². The highest BCUT2D eigenvalue weighted by Gasteiger charge is 2.23. The summed E-state index contributed by atoms with van der Waals surface area (Å²) in [5.41, 5.74) is 1.28. The lowest BCUT2D eigenvalue weighted by Crippen LogP contribution is -2.13. The summed E-state index contributed by atoms with van der Waals surface area (Å²) < 4.78 is 11.3. The van der Waals surface area contributed by atoms with Gasteiger partial charge in [-0.25, -0.2) is 0 Å². The number of rotatable bonds is 1. The van der Waals surface area contributed by atoms with E-state index in [0.717, 1.165) is 37.7 Å². The molecule has 2 aliphatic rings. The molecule has 0 aliphatic carbocycles. The lowest BCUT2D eigenvalue weighted by Gasteiger charge is -2.13. The van der Waals surface area contributed by atoms with E-state index in [2.05, 4.69) is 24.4 Å².